The Labute approximate surface area is 140 Å². The summed E-state index contributed by atoms with van der Waals surface area (Å²) in [4.78, 5) is 32.6. The van der Waals surface area contributed by atoms with Gasteiger partial charge in [0.05, 0.1) is 6.04 Å². The average Bonchev–Trinajstić information content (AvgIpc) is 2.91. The van der Waals surface area contributed by atoms with E-state index in [0.29, 0.717) is 0 Å². The van der Waals surface area contributed by atoms with Crippen molar-refractivity contribution in [3.8, 4) is 0 Å². The van der Waals surface area contributed by atoms with Gasteiger partial charge in [0.15, 0.2) is 10.8 Å². The molecule has 0 spiro atoms. The van der Waals surface area contributed by atoms with Crippen LogP contribution in [-0.2, 0) is 24.7 Å². The Morgan fingerprint density at radius 2 is 2.29 bits per heavy atom. The predicted molar refractivity (Wildman–Crippen MR) is 83.2 cm³/mol. The van der Waals surface area contributed by atoms with Crippen molar-refractivity contribution in [2.45, 2.75) is 12.1 Å². The number of aromatic nitrogens is 1. The number of rotatable bonds is 6. The predicted octanol–water partition coefficient (Wildman–Crippen LogP) is -2.47. The lowest BCUT2D eigenvalue weighted by atomic mass is 9.98. The highest BCUT2D eigenvalue weighted by Crippen LogP contribution is 2.23. The van der Waals surface area contributed by atoms with E-state index in [1.54, 1.807) is 0 Å². The van der Waals surface area contributed by atoms with Gasteiger partial charge in [-0.15, -0.1) is 11.3 Å². The Morgan fingerprint density at radius 3 is 2.75 bits per heavy atom. The lowest BCUT2D eigenvalue weighted by Gasteiger charge is -2.43. The summed E-state index contributed by atoms with van der Waals surface area (Å²) < 4.78 is 31.4. The van der Waals surface area contributed by atoms with E-state index in [1.807, 2.05) is 0 Å². The molecule has 2 amide bonds. The Hall–Kier alpha value is -2.29. The fourth-order valence-electron chi connectivity index (χ4n) is 2.09. The summed E-state index contributed by atoms with van der Waals surface area (Å²) in [6.45, 7) is -0.295. The molecule has 0 unspecified atom stereocenters. The molecular weight excluding hydrogens is 364 g/mol. The Kier molecular flexibility index (Phi) is 5.02. The van der Waals surface area contributed by atoms with Gasteiger partial charge in [0.25, 0.3) is 11.8 Å². The van der Waals surface area contributed by atoms with Crippen LogP contribution in [0.25, 0.3) is 0 Å². The van der Waals surface area contributed by atoms with Crippen molar-refractivity contribution in [3.63, 3.8) is 0 Å². The van der Waals surface area contributed by atoms with Crippen LogP contribution >= 0.6 is 11.3 Å². The minimum Gasteiger partial charge on any atom is -0.398 e. The highest BCUT2D eigenvalue weighted by molar-refractivity contribution is 7.84. The summed E-state index contributed by atoms with van der Waals surface area (Å²) in [7, 11) is -3.55. The molecule has 0 bridgehead atoms. The smallest absolute Gasteiger partial charge is 0.362 e. The van der Waals surface area contributed by atoms with Gasteiger partial charge in [-0.1, -0.05) is 5.16 Å². The van der Waals surface area contributed by atoms with E-state index >= 15 is 0 Å². The zero-order valence-electron chi connectivity index (χ0n) is 12.2. The number of hydrogen-bond donors (Lipinski definition) is 4. The van der Waals surface area contributed by atoms with Crippen LogP contribution in [0, 0.1) is 0 Å². The van der Waals surface area contributed by atoms with E-state index in [1.165, 1.54) is 12.5 Å². The van der Waals surface area contributed by atoms with Crippen molar-refractivity contribution in [3.05, 3.63) is 11.1 Å². The number of hydrogen-bond acceptors (Lipinski definition) is 10. The molecule has 1 aliphatic rings. The van der Waals surface area contributed by atoms with Gasteiger partial charge in [0.2, 0.25) is 0 Å². The molecular formula is C10H14N6O6S2. The topological polar surface area (TPSA) is 190 Å². The number of nitrogens with two attached hydrogens (primary N) is 2. The first-order valence-corrected chi connectivity index (χ1v) is 8.62. The molecule has 1 saturated heterocycles. The van der Waals surface area contributed by atoms with Crippen LogP contribution < -0.4 is 16.8 Å². The quantitative estimate of drug-likeness (QED) is 0.180. The van der Waals surface area contributed by atoms with Crippen LogP contribution in [0.15, 0.2) is 10.5 Å². The number of carbonyl (C=O) groups is 2. The van der Waals surface area contributed by atoms with E-state index in [9.17, 15) is 18.0 Å². The van der Waals surface area contributed by atoms with E-state index in [2.05, 4.69) is 20.3 Å². The average molecular weight is 378 g/mol. The number of thiazole rings is 1. The lowest BCUT2D eigenvalue weighted by Crippen LogP contribution is -2.74. The van der Waals surface area contributed by atoms with Gasteiger partial charge >= 0.3 is 10.3 Å². The molecule has 0 aromatic carbocycles. The molecule has 132 valence electrons. The molecule has 2 atom stereocenters. The van der Waals surface area contributed by atoms with Gasteiger partial charge < -0.3 is 21.6 Å². The molecule has 2 rings (SSSR count). The number of β-lactam (4-membered cyclic amide) rings is 1. The molecule has 1 aromatic heterocycles. The van der Waals surface area contributed by atoms with Gasteiger partial charge in [0.1, 0.15) is 18.8 Å². The molecule has 6 N–H and O–H groups in total. The van der Waals surface area contributed by atoms with Crippen LogP contribution in [0.5, 0.6) is 0 Å². The number of carbonyl (C=O) groups excluding carboxylic acids is 2. The molecule has 2 heterocycles. The monoisotopic (exact) mass is 378 g/mol. The SMILES string of the molecule is CON=C(C(=O)N[C@@H]1C(=O)N(S(=O)(=O)O)[C@@H]1CN)c1csc(N)n1. The normalized spacial score (nSPS) is 21.4. The van der Waals surface area contributed by atoms with Gasteiger partial charge in [0, 0.05) is 11.9 Å². The summed E-state index contributed by atoms with van der Waals surface area (Å²) in [5.74, 6) is -1.86. The van der Waals surface area contributed by atoms with E-state index in [-0.39, 0.29) is 27.4 Å². The molecule has 0 aliphatic carbocycles. The minimum absolute atomic E-state index is 0.125. The molecule has 1 aromatic rings. The van der Waals surface area contributed by atoms with Gasteiger partial charge in [-0.05, 0) is 0 Å². The van der Waals surface area contributed by atoms with Crippen LogP contribution in [-0.4, -0.2) is 65.5 Å². The van der Waals surface area contributed by atoms with E-state index in [0.717, 1.165) is 11.3 Å². The highest BCUT2D eigenvalue weighted by atomic mass is 32.2. The Bertz CT molecular complexity index is 790. The zero-order chi connectivity index (χ0) is 18.1. The Balaban J connectivity index is 2.19. The number of nitrogens with zero attached hydrogens (tertiary/aromatic N) is 3. The molecule has 0 radical (unpaired) electrons. The van der Waals surface area contributed by atoms with Gasteiger partial charge in [-0.2, -0.15) is 8.42 Å². The minimum atomic E-state index is -4.75. The third-order valence-electron chi connectivity index (χ3n) is 3.11. The van der Waals surface area contributed by atoms with Crippen molar-refractivity contribution in [1.82, 2.24) is 14.6 Å². The second-order valence-corrected chi connectivity index (χ2v) is 6.74. The maximum absolute atomic E-state index is 12.3. The van der Waals surface area contributed by atoms with Crippen LogP contribution in [0.3, 0.4) is 0 Å². The van der Waals surface area contributed by atoms with Crippen molar-refractivity contribution in [2.24, 2.45) is 10.9 Å². The van der Waals surface area contributed by atoms with Crippen molar-refractivity contribution in [1.29, 1.82) is 0 Å². The van der Waals surface area contributed by atoms with Crippen molar-refractivity contribution in [2.75, 3.05) is 19.4 Å². The molecule has 1 aliphatic heterocycles. The van der Waals surface area contributed by atoms with Crippen molar-refractivity contribution >= 4 is 44.3 Å². The summed E-state index contributed by atoms with van der Waals surface area (Å²) >= 11 is 1.07. The number of nitrogens with one attached hydrogen (secondary N) is 1. The fraction of sp³-hybridized carbons (Fsp3) is 0.400. The molecule has 24 heavy (non-hydrogen) atoms. The van der Waals surface area contributed by atoms with E-state index < -0.39 is 34.2 Å². The molecule has 1 fully saturated rings. The number of amides is 2. The second kappa shape index (κ2) is 6.68. The number of nitrogen functional groups attached to an aromatic ring is 1. The largest absolute Gasteiger partial charge is 0.398 e. The standard InChI is InChI=1S/C10H14N6O6S2/c1-22-15-6(4-3-23-10(12)13-4)8(17)14-7-5(2-11)16(9(7)18)24(19,20)21/h3,5,7H,2,11H2,1H3,(H2,12,13)(H,14,17)(H,19,20,21)/t5-,7+/m1/s1. The molecule has 0 saturated carbocycles. The summed E-state index contributed by atoms with van der Waals surface area (Å²) in [5.41, 5.74) is 10.8. The number of oxime groups is 1. The van der Waals surface area contributed by atoms with Crippen LogP contribution in [0.2, 0.25) is 0 Å². The zero-order valence-corrected chi connectivity index (χ0v) is 13.9. The first-order valence-electron chi connectivity index (χ1n) is 6.34. The Morgan fingerprint density at radius 1 is 1.62 bits per heavy atom. The van der Waals surface area contributed by atoms with Crippen LogP contribution in [0.4, 0.5) is 5.13 Å². The van der Waals surface area contributed by atoms with Gasteiger partial charge in [-0.3, -0.25) is 14.1 Å². The summed E-state index contributed by atoms with van der Waals surface area (Å²) in [5, 5.41) is 7.47. The first-order chi connectivity index (χ1) is 11.2. The number of anilines is 1. The summed E-state index contributed by atoms with van der Waals surface area (Å²) in [6, 6.07) is -2.34. The van der Waals surface area contributed by atoms with Crippen molar-refractivity contribution < 1.29 is 27.4 Å². The fourth-order valence-corrected chi connectivity index (χ4v) is 3.53. The first kappa shape index (κ1) is 18.1. The maximum Gasteiger partial charge on any atom is 0.362 e. The molecule has 12 nitrogen and oxygen atoms in total. The third-order valence-corrected chi connectivity index (χ3v) is 4.73. The second-order valence-electron chi connectivity index (χ2n) is 4.56. The summed E-state index contributed by atoms with van der Waals surface area (Å²) in [6.07, 6.45) is 0. The maximum atomic E-state index is 12.3. The third kappa shape index (κ3) is 3.30. The van der Waals surface area contributed by atoms with Gasteiger partial charge in [-0.25, -0.2) is 9.29 Å². The lowest BCUT2D eigenvalue weighted by molar-refractivity contribution is -0.144. The highest BCUT2D eigenvalue weighted by Gasteiger charge is 2.53. The van der Waals surface area contributed by atoms with Crippen LogP contribution in [0.1, 0.15) is 5.69 Å². The molecule has 14 heteroatoms. The van der Waals surface area contributed by atoms with E-state index in [4.69, 9.17) is 16.0 Å².